The smallest absolute Gasteiger partial charge is 0.147 e. The van der Waals surface area contributed by atoms with E-state index in [1.807, 2.05) is 0 Å². The van der Waals surface area contributed by atoms with Gasteiger partial charge in [0.05, 0.1) is 7.11 Å². The van der Waals surface area contributed by atoms with Crippen molar-refractivity contribution in [2.24, 2.45) is 5.84 Å². The number of halogens is 1. The van der Waals surface area contributed by atoms with Crippen molar-refractivity contribution in [1.82, 2.24) is 20.6 Å². The first-order valence-corrected chi connectivity index (χ1v) is 4.91. The fraction of sp³-hybridized carbons (Fsp3) is 0.200. The summed E-state index contributed by atoms with van der Waals surface area (Å²) in [6.07, 6.45) is 1.33. The summed E-state index contributed by atoms with van der Waals surface area (Å²) in [4.78, 5) is 3.94. The van der Waals surface area contributed by atoms with E-state index in [1.54, 1.807) is 12.1 Å². The lowest BCUT2D eigenvalue weighted by Gasteiger charge is -2.14. The third kappa shape index (κ3) is 2.24. The van der Waals surface area contributed by atoms with Gasteiger partial charge in [0.1, 0.15) is 29.8 Å². The molecule has 17 heavy (non-hydrogen) atoms. The first kappa shape index (κ1) is 11.5. The highest BCUT2D eigenvalue weighted by molar-refractivity contribution is 5.33. The molecular formula is C10H12FN5O. The molecule has 0 spiro atoms. The van der Waals surface area contributed by atoms with Gasteiger partial charge in [0.2, 0.25) is 0 Å². The Hall–Kier alpha value is -1.99. The van der Waals surface area contributed by atoms with E-state index in [4.69, 9.17) is 10.6 Å². The van der Waals surface area contributed by atoms with Crippen LogP contribution in [-0.4, -0.2) is 22.3 Å². The Morgan fingerprint density at radius 2 is 2.35 bits per heavy atom. The number of nitrogens with two attached hydrogens (primary N) is 1. The maximum atomic E-state index is 13.8. The van der Waals surface area contributed by atoms with Crippen LogP contribution in [-0.2, 0) is 0 Å². The Labute approximate surface area is 97.0 Å². The molecule has 1 unspecified atom stereocenters. The lowest BCUT2D eigenvalue weighted by Crippen LogP contribution is -2.30. The van der Waals surface area contributed by atoms with E-state index in [9.17, 15) is 4.39 Å². The van der Waals surface area contributed by atoms with Gasteiger partial charge < -0.3 is 4.74 Å². The molecule has 1 aromatic heterocycles. The zero-order valence-electron chi connectivity index (χ0n) is 9.14. The van der Waals surface area contributed by atoms with E-state index in [-0.39, 0.29) is 0 Å². The Bertz CT molecular complexity index is 487. The van der Waals surface area contributed by atoms with Gasteiger partial charge in [0, 0.05) is 11.6 Å². The Balaban J connectivity index is 2.38. The van der Waals surface area contributed by atoms with E-state index in [0.29, 0.717) is 17.1 Å². The Morgan fingerprint density at radius 1 is 1.53 bits per heavy atom. The summed E-state index contributed by atoms with van der Waals surface area (Å²) in [6, 6.07) is 3.94. The second-order valence-electron chi connectivity index (χ2n) is 3.36. The van der Waals surface area contributed by atoms with E-state index >= 15 is 0 Å². The summed E-state index contributed by atoms with van der Waals surface area (Å²) < 4.78 is 18.8. The molecule has 1 heterocycles. The quantitative estimate of drug-likeness (QED) is 0.532. The number of methoxy groups -OCH3 is 1. The van der Waals surface area contributed by atoms with Crippen molar-refractivity contribution in [3.63, 3.8) is 0 Å². The molecule has 2 rings (SSSR count). The summed E-state index contributed by atoms with van der Waals surface area (Å²) in [5, 5.41) is 6.34. The SMILES string of the molecule is COc1ccc(C(NN)c2ncn[nH]2)c(F)c1. The number of hydrogen-bond acceptors (Lipinski definition) is 5. The average molecular weight is 237 g/mol. The zero-order valence-corrected chi connectivity index (χ0v) is 9.14. The summed E-state index contributed by atoms with van der Waals surface area (Å²) in [5.74, 6) is 5.86. The first-order valence-electron chi connectivity index (χ1n) is 4.91. The van der Waals surface area contributed by atoms with E-state index in [2.05, 4.69) is 20.6 Å². The van der Waals surface area contributed by atoms with Gasteiger partial charge in [0.25, 0.3) is 0 Å². The predicted molar refractivity (Wildman–Crippen MR) is 58.5 cm³/mol. The molecule has 0 amide bonds. The molecule has 90 valence electrons. The van der Waals surface area contributed by atoms with Crippen LogP contribution in [0.25, 0.3) is 0 Å². The molecule has 0 radical (unpaired) electrons. The van der Waals surface area contributed by atoms with Crippen LogP contribution in [0.4, 0.5) is 4.39 Å². The molecule has 0 aliphatic rings. The van der Waals surface area contributed by atoms with Crippen LogP contribution in [0.15, 0.2) is 24.5 Å². The van der Waals surface area contributed by atoms with Crippen LogP contribution in [0.3, 0.4) is 0 Å². The fourth-order valence-electron chi connectivity index (χ4n) is 1.54. The normalized spacial score (nSPS) is 12.4. The molecule has 4 N–H and O–H groups in total. The largest absolute Gasteiger partial charge is 0.497 e. The number of benzene rings is 1. The van der Waals surface area contributed by atoms with Crippen LogP contribution in [0.1, 0.15) is 17.4 Å². The van der Waals surface area contributed by atoms with E-state index in [1.165, 1.54) is 19.5 Å². The van der Waals surface area contributed by atoms with Crippen molar-refractivity contribution in [2.45, 2.75) is 6.04 Å². The number of aromatic nitrogens is 3. The van der Waals surface area contributed by atoms with Gasteiger partial charge in [-0.25, -0.2) is 14.8 Å². The highest BCUT2D eigenvalue weighted by Crippen LogP contribution is 2.24. The molecule has 0 bridgehead atoms. The maximum Gasteiger partial charge on any atom is 0.147 e. The number of aromatic amines is 1. The standard InChI is InChI=1S/C10H12FN5O/c1-17-6-2-3-7(8(11)4-6)9(15-12)10-13-5-14-16-10/h2-5,9,15H,12H2,1H3,(H,13,14,16). The third-order valence-corrected chi connectivity index (χ3v) is 2.39. The van der Waals surface area contributed by atoms with Crippen LogP contribution >= 0.6 is 0 Å². The lowest BCUT2D eigenvalue weighted by atomic mass is 10.1. The summed E-state index contributed by atoms with van der Waals surface area (Å²) in [7, 11) is 1.48. The van der Waals surface area contributed by atoms with Gasteiger partial charge in [-0.05, 0) is 6.07 Å². The lowest BCUT2D eigenvalue weighted by molar-refractivity contribution is 0.409. The van der Waals surface area contributed by atoms with Gasteiger partial charge in [0.15, 0.2) is 0 Å². The van der Waals surface area contributed by atoms with Gasteiger partial charge in [-0.2, -0.15) is 5.10 Å². The highest BCUT2D eigenvalue weighted by atomic mass is 19.1. The van der Waals surface area contributed by atoms with Crippen LogP contribution in [0, 0.1) is 5.82 Å². The van der Waals surface area contributed by atoms with Gasteiger partial charge in [-0.3, -0.25) is 10.9 Å². The fourth-order valence-corrected chi connectivity index (χ4v) is 1.54. The number of nitrogens with one attached hydrogen (secondary N) is 2. The molecule has 0 saturated carbocycles. The molecule has 7 heteroatoms. The third-order valence-electron chi connectivity index (χ3n) is 2.39. The molecule has 0 aliphatic carbocycles. The minimum Gasteiger partial charge on any atom is -0.497 e. The highest BCUT2D eigenvalue weighted by Gasteiger charge is 2.19. The van der Waals surface area contributed by atoms with Gasteiger partial charge in [-0.1, -0.05) is 6.07 Å². The zero-order chi connectivity index (χ0) is 12.3. The molecule has 6 nitrogen and oxygen atoms in total. The van der Waals surface area contributed by atoms with Crippen molar-refractivity contribution in [1.29, 1.82) is 0 Å². The summed E-state index contributed by atoms with van der Waals surface area (Å²) >= 11 is 0. The molecule has 1 atom stereocenters. The van der Waals surface area contributed by atoms with Crippen molar-refractivity contribution >= 4 is 0 Å². The number of hydrogen-bond donors (Lipinski definition) is 3. The number of hydrazine groups is 1. The molecular weight excluding hydrogens is 225 g/mol. The molecule has 0 saturated heterocycles. The van der Waals surface area contributed by atoms with E-state index < -0.39 is 11.9 Å². The summed E-state index contributed by atoms with van der Waals surface area (Å²) in [6.45, 7) is 0. The molecule has 1 aromatic carbocycles. The van der Waals surface area contributed by atoms with Gasteiger partial charge >= 0.3 is 0 Å². The second kappa shape index (κ2) is 4.89. The number of nitrogens with zero attached hydrogens (tertiary/aromatic N) is 2. The topological polar surface area (TPSA) is 88.8 Å². The predicted octanol–water partition coefficient (Wildman–Crippen LogP) is 0.505. The van der Waals surface area contributed by atoms with Crippen LogP contribution < -0.4 is 16.0 Å². The Morgan fingerprint density at radius 3 is 2.88 bits per heavy atom. The number of ether oxygens (including phenoxy) is 1. The summed E-state index contributed by atoms with van der Waals surface area (Å²) in [5.41, 5.74) is 2.85. The first-order chi connectivity index (χ1) is 8.26. The van der Waals surface area contributed by atoms with Crippen LogP contribution in [0.2, 0.25) is 0 Å². The van der Waals surface area contributed by atoms with Crippen LogP contribution in [0.5, 0.6) is 5.75 Å². The molecule has 2 aromatic rings. The number of rotatable bonds is 4. The van der Waals surface area contributed by atoms with Crippen molar-refractivity contribution in [3.05, 3.63) is 41.7 Å². The monoisotopic (exact) mass is 237 g/mol. The van der Waals surface area contributed by atoms with E-state index in [0.717, 1.165) is 0 Å². The molecule has 0 fully saturated rings. The Kier molecular flexibility index (Phi) is 3.31. The van der Waals surface area contributed by atoms with Gasteiger partial charge in [-0.15, -0.1) is 0 Å². The van der Waals surface area contributed by atoms with Crippen molar-refractivity contribution < 1.29 is 9.13 Å². The molecule has 0 aliphatic heterocycles. The maximum absolute atomic E-state index is 13.8. The second-order valence-corrected chi connectivity index (χ2v) is 3.36. The number of H-pyrrole nitrogens is 1. The minimum atomic E-state index is -0.580. The van der Waals surface area contributed by atoms with Crippen molar-refractivity contribution in [3.8, 4) is 5.75 Å². The minimum absolute atomic E-state index is 0.366. The average Bonchev–Trinajstić information content (AvgIpc) is 2.85. The van der Waals surface area contributed by atoms with Crippen molar-refractivity contribution in [2.75, 3.05) is 7.11 Å².